The van der Waals surface area contributed by atoms with Gasteiger partial charge in [-0.15, -0.1) is 0 Å². The van der Waals surface area contributed by atoms with E-state index < -0.39 is 6.04 Å². The van der Waals surface area contributed by atoms with Crippen molar-refractivity contribution in [3.8, 4) is 0 Å². The highest BCUT2D eigenvalue weighted by molar-refractivity contribution is 6.08. The molecule has 1 aliphatic heterocycles. The summed E-state index contributed by atoms with van der Waals surface area (Å²) in [5, 5.41) is 8.03. The predicted molar refractivity (Wildman–Crippen MR) is 136 cm³/mol. The van der Waals surface area contributed by atoms with Gasteiger partial charge in [-0.2, -0.15) is 5.10 Å². The summed E-state index contributed by atoms with van der Waals surface area (Å²) in [7, 11) is 0. The monoisotopic (exact) mass is 500 g/mol. The molecule has 1 saturated heterocycles. The Morgan fingerprint density at radius 1 is 1.14 bits per heavy atom. The first-order chi connectivity index (χ1) is 17.5. The van der Waals surface area contributed by atoms with Crippen LogP contribution in [0.4, 0.5) is 5.82 Å². The Morgan fingerprint density at radius 2 is 1.92 bits per heavy atom. The zero-order valence-electron chi connectivity index (χ0n) is 21.5. The predicted octanol–water partition coefficient (Wildman–Crippen LogP) is 3.72. The van der Waals surface area contributed by atoms with Gasteiger partial charge >= 0.3 is 0 Å². The zero-order chi connectivity index (χ0) is 26.2. The molecule has 2 aliphatic rings. The van der Waals surface area contributed by atoms with E-state index in [9.17, 15) is 14.4 Å². The lowest BCUT2D eigenvalue weighted by atomic mass is 10.0. The van der Waals surface area contributed by atoms with Gasteiger partial charge in [-0.25, -0.2) is 9.97 Å². The maximum atomic E-state index is 13.7. The molecule has 10 nitrogen and oxygen atoms in total. The number of likely N-dealkylation sites (tertiary alicyclic amines) is 1. The van der Waals surface area contributed by atoms with Gasteiger partial charge in [-0.05, 0) is 55.9 Å². The van der Waals surface area contributed by atoms with Crippen molar-refractivity contribution in [1.29, 1.82) is 0 Å². The molecule has 37 heavy (non-hydrogen) atoms. The number of piperidine rings is 1. The van der Waals surface area contributed by atoms with Gasteiger partial charge in [0.05, 0.1) is 5.52 Å². The van der Waals surface area contributed by atoms with E-state index in [1.54, 1.807) is 24.0 Å². The summed E-state index contributed by atoms with van der Waals surface area (Å²) in [6.07, 6.45) is 1.46. The third kappa shape index (κ3) is 3.78. The molecule has 4 aromatic rings. The fraction of sp³-hybridized carbons (Fsp3) is 0.407. The number of carbonyl (C=O) groups is 3. The number of amides is 2. The number of benzene rings is 1. The number of anilines is 1. The fourth-order valence-electron chi connectivity index (χ4n) is 5.61. The molecular formula is C27H28N6O4. The second kappa shape index (κ2) is 7.96. The van der Waals surface area contributed by atoms with Crippen molar-refractivity contribution in [2.45, 2.75) is 66.1 Å². The Bertz CT molecular complexity index is 1630. The number of fused-ring (bicyclic) bond motifs is 3. The summed E-state index contributed by atoms with van der Waals surface area (Å²) in [5.74, 6) is 0.369. The summed E-state index contributed by atoms with van der Waals surface area (Å²) in [6, 6.07) is 6.74. The number of ketones is 1. The quantitative estimate of drug-likeness (QED) is 0.414. The van der Waals surface area contributed by atoms with Crippen molar-refractivity contribution in [3.63, 3.8) is 0 Å². The number of aromatic nitrogens is 4. The SMILES string of the molecule is CC(=O)c1nn(CC(=O)N2[C@H](C(=O)Nc3nc(C)ccc3C)C[C@@]3(C)C[C@@H]23)c2cc3nc(C)oc3cc12. The van der Waals surface area contributed by atoms with Gasteiger partial charge in [-0.3, -0.25) is 19.1 Å². The molecule has 4 heterocycles. The van der Waals surface area contributed by atoms with E-state index in [-0.39, 0.29) is 41.3 Å². The van der Waals surface area contributed by atoms with Crippen LogP contribution in [-0.4, -0.2) is 54.3 Å². The van der Waals surface area contributed by atoms with Crippen LogP contribution in [0.1, 0.15) is 54.3 Å². The van der Waals surface area contributed by atoms with Crippen LogP contribution in [0, 0.1) is 26.2 Å². The molecule has 0 radical (unpaired) electrons. The van der Waals surface area contributed by atoms with Gasteiger partial charge in [0.25, 0.3) is 0 Å². The van der Waals surface area contributed by atoms with E-state index in [0.29, 0.717) is 40.1 Å². The van der Waals surface area contributed by atoms with Crippen molar-refractivity contribution in [2.24, 2.45) is 5.41 Å². The van der Waals surface area contributed by atoms with Crippen LogP contribution in [0.25, 0.3) is 22.0 Å². The first-order valence-corrected chi connectivity index (χ1v) is 12.4. The Balaban J connectivity index is 1.32. The average Bonchev–Trinajstić information content (AvgIpc) is 3.09. The van der Waals surface area contributed by atoms with Crippen LogP contribution in [0.2, 0.25) is 0 Å². The maximum Gasteiger partial charge on any atom is 0.248 e. The normalized spacial score (nSPS) is 22.5. The zero-order valence-corrected chi connectivity index (χ0v) is 21.5. The molecule has 0 spiro atoms. The number of hydrogen-bond donors (Lipinski definition) is 1. The highest BCUT2D eigenvalue weighted by Gasteiger charge is 2.64. The molecule has 3 aromatic heterocycles. The van der Waals surface area contributed by atoms with Crippen LogP contribution in [-0.2, 0) is 16.1 Å². The number of hydrogen-bond acceptors (Lipinski definition) is 7. The van der Waals surface area contributed by atoms with Gasteiger partial charge in [0.1, 0.15) is 29.6 Å². The smallest absolute Gasteiger partial charge is 0.248 e. The summed E-state index contributed by atoms with van der Waals surface area (Å²) in [6.45, 7) is 8.98. The number of nitrogens with one attached hydrogen (secondary N) is 1. The minimum atomic E-state index is -0.600. The van der Waals surface area contributed by atoms with Crippen molar-refractivity contribution < 1.29 is 18.8 Å². The molecule has 2 amide bonds. The second-order valence-corrected chi connectivity index (χ2v) is 10.6. The summed E-state index contributed by atoms with van der Waals surface area (Å²) in [4.78, 5) is 50.0. The van der Waals surface area contributed by atoms with Crippen LogP contribution in [0.3, 0.4) is 0 Å². The van der Waals surface area contributed by atoms with Gasteiger partial charge in [-0.1, -0.05) is 13.0 Å². The molecule has 0 bridgehead atoms. The van der Waals surface area contributed by atoms with Crippen LogP contribution < -0.4 is 5.32 Å². The first kappa shape index (κ1) is 23.3. The Hall–Kier alpha value is -4.08. The number of oxazole rings is 1. The van der Waals surface area contributed by atoms with Gasteiger partial charge in [0.15, 0.2) is 17.3 Å². The van der Waals surface area contributed by atoms with E-state index in [4.69, 9.17) is 4.42 Å². The molecule has 0 unspecified atom stereocenters. The minimum absolute atomic E-state index is 0.00122. The van der Waals surface area contributed by atoms with Gasteiger partial charge < -0.3 is 14.6 Å². The van der Waals surface area contributed by atoms with E-state index in [2.05, 4.69) is 27.3 Å². The van der Waals surface area contributed by atoms with Gasteiger partial charge in [0, 0.05) is 31.0 Å². The molecule has 1 N–H and O–H groups in total. The summed E-state index contributed by atoms with van der Waals surface area (Å²) in [5.41, 5.74) is 3.67. The van der Waals surface area contributed by atoms with E-state index in [1.165, 1.54) is 11.6 Å². The third-order valence-corrected chi connectivity index (χ3v) is 7.69. The molecule has 2 fully saturated rings. The number of carbonyl (C=O) groups excluding carboxylic acids is 3. The lowest BCUT2D eigenvalue weighted by Gasteiger charge is -2.27. The molecule has 10 heteroatoms. The topological polar surface area (TPSA) is 123 Å². The highest BCUT2D eigenvalue weighted by atomic mass is 16.3. The number of nitrogens with zero attached hydrogens (tertiary/aromatic N) is 5. The van der Waals surface area contributed by atoms with E-state index in [0.717, 1.165) is 17.7 Å². The summed E-state index contributed by atoms with van der Waals surface area (Å²) >= 11 is 0. The maximum absolute atomic E-state index is 13.7. The average molecular weight is 501 g/mol. The van der Waals surface area contributed by atoms with Crippen molar-refractivity contribution >= 4 is 45.4 Å². The van der Waals surface area contributed by atoms with Crippen molar-refractivity contribution in [1.82, 2.24) is 24.6 Å². The molecule has 6 rings (SSSR count). The van der Waals surface area contributed by atoms with E-state index >= 15 is 0 Å². The third-order valence-electron chi connectivity index (χ3n) is 7.69. The molecule has 3 atom stereocenters. The largest absolute Gasteiger partial charge is 0.441 e. The molecule has 1 saturated carbocycles. The van der Waals surface area contributed by atoms with Crippen LogP contribution in [0.5, 0.6) is 0 Å². The second-order valence-electron chi connectivity index (χ2n) is 10.6. The summed E-state index contributed by atoms with van der Waals surface area (Å²) < 4.78 is 7.17. The molecule has 1 aliphatic carbocycles. The standard InChI is InChI=1S/C27H28N6O4/c1-13-6-7-14(2)28-25(13)30-26(36)20-10-27(5)11-22(27)33(20)23(35)12-32-19-9-18-21(37-16(4)29-18)8-17(19)24(31-32)15(3)34/h6-9,20,22H,10-12H2,1-5H3,(H,28,30,36)/t20-,22+,27-/m0/s1. The van der Waals surface area contributed by atoms with E-state index in [1.807, 2.05) is 26.0 Å². The number of pyridine rings is 1. The number of Topliss-reactive ketones (excluding diaryl/α,β-unsaturated/α-hetero) is 1. The first-order valence-electron chi connectivity index (χ1n) is 12.4. The Labute approximate surface area is 213 Å². The fourth-order valence-corrected chi connectivity index (χ4v) is 5.61. The minimum Gasteiger partial charge on any atom is -0.441 e. The van der Waals surface area contributed by atoms with Gasteiger partial charge in [0.2, 0.25) is 11.8 Å². The Morgan fingerprint density at radius 3 is 2.68 bits per heavy atom. The van der Waals surface area contributed by atoms with Crippen LogP contribution >= 0.6 is 0 Å². The molecule has 1 aromatic carbocycles. The van der Waals surface area contributed by atoms with Crippen molar-refractivity contribution in [3.05, 3.63) is 47.1 Å². The molecule has 190 valence electrons. The number of aryl methyl sites for hydroxylation is 3. The Kier molecular flexibility index (Phi) is 5.02. The lowest BCUT2D eigenvalue weighted by Crippen LogP contribution is -2.47. The highest BCUT2D eigenvalue weighted by Crippen LogP contribution is 2.59. The van der Waals surface area contributed by atoms with Crippen LogP contribution in [0.15, 0.2) is 28.7 Å². The number of rotatable bonds is 5. The van der Waals surface area contributed by atoms with Crippen molar-refractivity contribution in [2.75, 3.05) is 5.32 Å². The lowest BCUT2D eigenvalue weighted by molar-refractivity contribution is -0.138. The molecular weight excluding hydrogens is 472 g/mol.